The first-order valence-corrected chi connectivity index (χ1v) is 8.72. The van der Waals surface area contributed by atoms with Gasteiger partial charge in [-0.25, -0.2) is 0 Å². The van der Waals surface area contributed by atoms with Gasteiger partial charge in [-0.1, -0.05) is 30.3 Å². The van der Waals surface area contributed by atoms with Gasteiger partial charge in [-0.15, -0.1) is 0 Å². The Morgan fingerprint density at radius 3 is 2.19 bits per heavy atom. The quantitative estimate of drug-likeness (QED) is 0.519. The van der Waals surface area contributed by atoms with Crippen LogP contribution in [0, 0.1) is 0 Å². The molecular formula is C22H18NO4+. The summed E-state index contributed by atoms with van der Waals surface area (Å²) in [6, 6.07) is 17.8. The van der Waals surface area contributed by atoms with Gasteiger partial charge < -0.3 is 9.47 Å². The van der Waals surface area contributed by atoms with E-state index in [2.05, 4.69) is 0 Å². The number of ketones is 2. The summed E-state index contributed by atoms with van der Waals surface area (Å²) in [5, 5.41) is 0. The largest absolute Gasteiger partial charge is 0.486 e. The Morgan fingerprint density at radius 1 is 0.778 bits per heavy atom. The Labute approximate surface area is 156 Å². The number of benzene rings is 2. The van der Waals surface area contributed by atoms with Crippen molar-refractivity contribution in [2.75, 3.05) is 13.2 Å². The Bertz CT molecular complexity index is 981. The standard InChI is InChI=1S/C22H18NO4/c24-19(18-6-7-20-21(14-18)27-13-12-26-20)15-23-10-8-17(9-11-23)22(25)16-4-2-1-3-5-16/h1-11,14H,12-13,15H2/q+1. The highest BCUT2D eigenvalue weighted by Gasteiger charge is 2.18. The second-order valence-corrected chi connectivity index (χ2v) is 6.24. The van der Waals surface area contributed by atoms with Gasteiger partial charge in [0.2, 0.25) is 12.3 Å². The third-order valence-corrected chi connectivity index (χ3v) is 4.38. The van der Waals surface area contributed by atoms with Crippen LogP contribution in [-0.2, 0) is 6.54 Å². The first-order chi connectivity index (χ1) is 13.2. The van der Waals surface area contributed by atoms with E-state index >= 15 is 0 Å². The molecule has 0 bridgehead atoms. The Balaban J connectivity index is 1.47. The number of hydrogen-bond acceptors (Lipinski definition) is 4. The van der Waals surface area contributed by atoms with Crippen LogP contribution < -0.4 is 14.0 Å². The number of ether oxygens (including phenoxy) is 2. The summed E-state index contributed by atoms with van der Waals surface area (Å²) in [5.41, 5.74) is 1.79. The second kappa shape index (κ2) is 7.41. The smallest absolute Gasteiger partial charge is 0.227 e. The fourth-order valence-electron chi connectivity index (χ4n) is 2.94. The molecule has 5 nitrogen and oxygen atoms in total. The van der Waals surface area contributed by atoms with E-state index in [4.69, 9.17) is 9.47 Å². The minimum atomic E-state index is -0.0425. The van der Waals surface area contributed by atoms with Crippen LogP contribution in [0.5, 0.6) is 11.5 Å². The summed E-state index contributed by atoms with van der Waals surface area (Å²) in [6.07, 6.45) is 3.48. The van der Waals surface area contributed by atoms with Gasteiger partial charge in [0.15, 0.2) is 29.7 Å². The zero-order valence-electron chi connectivity index (χ0n) is 14.6. The number of fused-ring (bicyclic) bond motifs is 1. The summed E-state index contributed by atoms with van der Waals surface area (Å²) in [7, 11) is 0. The summed E-state index contributed by atoms with van der Waals surface area (Å²) in [5.74, 6) is 1.18. The van der Waals surface area contributed by atoms with Crippen LogP contribution in [-0.4, -0.2) is 24.8 Å². The molecule has 0 fully saturated rings. The van der Waals surface area contributed by atoms with E-state index in [1.165, 1.54) is 0 Å². The van der Waals surface area contributed by atoms with Crippen molar-refractivity contribution in [3.8, 4) is 11.5 Å². The van der Waals surface area contributed by atoms with Crippen molar-refractivity contribution < 1.29 is 23.6 Å². The fourth-order valence-corrected chi connectivity index (χ4v) is 2.94. The van der Waals surface area contributed by atoms with Crippen molar-refractivity contribution in [2.24, 2.45) is 0 Å². The number of nitrogens with zero attached hydrogens (tertiary/aromatic N) is 1. The zero-order chi connectivity index (χ0) is 18.6. The number of carbonyl (C=O) groups excluding carboxylic acids is 2. The molecule has 0 N–H and O–H groups in total. The van der Waals surface area contributed by atoms with E-state index in [1.807, 2.05) is 18.2 Å². The number of hydrogen-bond donors (Lipinski definition) is 0. The first-order valence-electron chi connectivity index (χ1n) is 8.72. The molecule has 0 radical (unpaired) electrons. The molecule has 0 saturated heterocycles. The molecule has 4 rings (SSSR count). The van der Waals surface area contributed by atoms with E-state index in [9.17, 15) is 9.59 Å². The number of carbonyl (C=O) groups is 2. The summed E-state index contributed by atoms with van der Waals surface area (Å²) >= 11 is 0. The van der Waals surface area contributed by atoms with E-state index in [1.54, 1.807) is 59.4 Å². The number of aromatic nitrogens is 1. The first kappa shape index (κ1) is 17.0. The van der Waals surface area contributed by atoms with Crippen molar-refractivity contribution in [1.29, 1.82) is 0 Å². The molecule has 2 aromatic carbocycles. The zero-order valence-corrected chi connectivity index (χ0v) is 14.6. The lowest BCUT2D eigenvalue weighted by molar-refractivity contribution is -0.683. The maximum Gasteiger partial charge on any atom is 0.227 e. The van der Waals surface area contributed by atoms with Gasteiger partial charge in [-0.2, -0.15) is 4.57 Å². The Morgan fingerprint density at radius 2 is 1.44 bits per heavy atom. The topological polar surface area (TPSA) is 56.5 Å². The van der Waals surface area contributed by atoms with Gasteiger partial charge >= 0.3 is 0 Å². The van der Waals surface area contributed by atoms with Crippen molar-refractivity contribution in [3.05, 3.63) is 89.7 Å². The minimum absolute atomic E-state index is 0.0408. The average Bonchev–Trinajstić information content (AvgIpc) is 2.74. The molecule has 0 spiro atoms. The normalized spacial score (nSPS) is 12.4. The van der Waals surface area contributed by atoms with Crippen molar-refractivity contribution in [2.45, 2.75) is 6.54 Å². The SMILES string of the molecule is O=C(C[n+]1ccc(C(=O)c2ccccc2)cc1)c1ccc2c(c1)OCCO2. The molecule has 0 aliphatic carbocycles. The molecule has 134 valence electrons. The van der Waals surface area contributed by atoms with Crippen LogP contribution in [0.2, 0.25) is 0 Å². The highest BCUT2D eigenvalue weighted by Crippen LogP contribution is 2.30. The highest BCUT2D eigenvalue weighted by molar-refractivity contribution is 6.08. The van der Waals surface area contributed by atoms with Gasteiger partial charge in [-0.3, -0.25) is 9.59 Å². The number of pyridine rings is 1. The maximum absolute atomic E-state index is 12.6. The molecule has 3 aromatic rings. The van der Waals surface area contributed by atoms with Crippen LogP contribution >= 0.6 is 0 Å². The molecule has 1 aromatic heterocycles. The van der Waals surface area contributed by atoms with Crippen molar-refractivity contribution in [3.63, 3.8) is 0 Å². The molecule has 5 heteroatoms. The third-order valence-electron chi connectivity index (χ3n) is 4.38. The van der Waals surface area contributed by atoms with Gasteiger partial charge in [0.25, 0.3) is 0 Å². The van der Waals surface area contributed by atoms with Crippen LogP contribution in [0.1, 0.15) is 26.3 Å². The van der Waals surface area contributed by atoms with Gasteiger partial charge in [0.1, 0.15) is 13.2 Å². The summed E-state index contributed by atoms with van der Waals surface area (Å²) < 4.78 is 12.8. The Hall–Kier alpha value is -3.47. The Kier molecular flexibility index (Phi) is 4.66. The molecule has 0 atom stereocenters. The predicted molar refractivity (Wildman–Crippen MR) is 98.3 cm³/mol. The van der Waals surface area contributed by atoms with E-state index in [-0.39, 0.29) is 18.1 Å². The maximum atomic E-state index is 12.6. The van der Waals surface area contributed by atoms with Gasteiger partial charge in [0.05, 0.1) is 0 Å². The minimum Gasteiger partial charge on any atom is -0.486 e. The lowest BCUT2D eigenvalue weighted by Crippen LogP contribution is -2.37. The summed E-state index contributed by atoms with van der Waals surface area (Å²) in [4.78, 5) is 25.0. The lowest BCUT2D eigenvalue weighted by atomic mass is 10.0. The third kappa shape index (κ3) is 3.72. The lowest BCUT2D eigenvalue weighted by Gasteiger charge is -2.18. The van der Waals surface area contributed by atoms with E-state index < -0.39 is 0 Å². The average molecular weight is 360 g/mol. The van der Waals surface area contributed by atoms with Gasteiger partial charge in [-0.05, 0) is 18.2 Å². The van der Waals surface area contributed by atoms with Crippen molar-refractivity contribution in [1.82, 2.24) is 0 Å². The molecule has 1 aliphatic heterocycles. The predicted octanol–water partition coefficient (Wildman–Crippen LogP) is 2.86. The van der Waals surface area contributed by atoms with Gasteiger partial charge in [0, 0.05) is 28.8 Å². The number of rotatable bonds is 5. The molecule has 0 saturated carbocycles. The van der Waals surface area contributed by atoms with Crippen LogP contribution in [0.15, 0.2) is 73.1 Å². The highest BCUT2D eigenvalue weighted by atomic mass is 16.6. The molecule has 27 heavy (non-hydrogen) atoms. The van der Waals surface area contributed by atoms with E-state index in [0.29, 0.717) is 41.4 Å². The van der Waals surface area contributed by atoms with Crippen molar-refractivity contribution >= 4 is 11.6 Å². The molecule has 1 aliphatic rings. The number of Topliss-reactive ketones (excluding diaryl/α,β-unsaturated/α-hetero) is 1. The van der Waals surface area contributed by atoms with Crippen LogP contribution in [0.3, 0.4) is 0 Å². The summed E-state index contributed by atoms with van der Waals surface area (Å²) in [6.45, 7) is 1.18. The molecule has 2 heterocycles. The van der Waals surface area contributed by atoms with E-state index in [0.717, 1.165) is 0 Å². The van der Waals surface area contributed by atoms with Crippen LogP contribution in [0.25, 0.3) is 0 Å². The fraction of sp³-hybridized carbons (Fsp3) is 0.136. The monoisotopic (exact) mass is 360 g/mol. The molecule has 0 unspecified atom stereocenters. The molecule has 0 amide bonds. The second-order valence-electron chi connectivity index (χ2n) is 6.24. The van der Waals surface area contributed by atoms with Crippen LogP contribution in [0.4, 0.5) is 0 Å². The molecular weight excluding hydrogens is 342 g/mol.